The normalized spacial score (nSPS) is 18.5. The maximum atomic E-state index is 13.1. The zero-order chi connectivity index (χ0) is 21.9. The van der Waals surface area contributed by atoms with Gasteiger partial charge in [-0.1, -0.05) is 18.6 Å². The summed E-state index contributed by atoms with van der Waals surface area (Å²) in [6, 6.07) is 9.01. The number of hydrogen-bond donors (Lipinski definition) is 1. The van der Waals surface area contributed by atoms with Crippen LogP contribution in [0.4, 0.5) is 10.1 Å². The number of benzene rings is 2. The molecule has 8 nitrogen and oxygen atoms in total. The van der Waals surface area contributed by atoms with E-state index in [0.717, 1.165) is 16.4 Å². The molecule has 2 aromatic carbocycles. The number of hydrogen-bond acceptors (Lipinski definition) is 5. The van der Waals surface area contributed by atoms with Gasteiger partial charge in [0, 0.05) is 18.7 Å². The maximum absolute atomic E-state index is 13.1. The Kier molecular flexibility index (Phi) is 6.47. The van der Waals surface area contributed by atoms with Crippen molar-refractivity contribution in [3.63, 3.8) is 0 Å². The van der Waals surface area contributed by atoms with Gasteiger partial charge in [-0.15, -0.1) is 0 Å². The number of nitrogens with one attached hydrogen (secondary N) is 1. The molecule has 0 bridgehead atoms. The molecule has 1 aliphatic heterocycles. The summed E-state index contributed by atoms with van der Waals surface area (Å²) in [4.78, 5) is 23.0. The van der Waals surface area contributed by atoms with Gasteiger partial charge in [-0.05, 0) is 49.6 Å². The highest BCUT2D eigenvalue weighted by Crippen LogP contribution is 2.27. The lowest BCUT2D eigenvalue weighted by molar-refractivity contribution is -0.384. The molecule has 0 aromatic heterocycles. The number of carbonyl (C=O) groups excluding carboxylic acids is 1. The van der Waals surface area contributed by atoms with Gasteiger partial charge < -0.3 is 5.32 Å². The number of nitrogens with zero attached hydrogens (tertiary/aromatic N) is 2. The van der Waals surface area contributed by atoms with Crippen molar-refractivity contribution in [1.82, 2.24) is 9.62 Å². The smallest absolute Gasteiger partial charge is 0.269 e. The average molecular weight is 435 g/mol. The van der Waals surface area contributed by atoms with Crippen LogP contribution in [0.3, 0.4) is 0 Å². The quantitative estimate of drug-likeness (QED) is 0.554. The fourth-order valence-corrected chi connectivity index (χ4v) is 5.13. The predicted octanol–water partition coefficient (Wildman–Crippen LogP) is 3.15. The van der Waals surface area contributed by atoms with Crippen molar-refractivity contribution >= 4 is 21.6 Å². The summed E-state index contributed by atoms with van der Waals surface area (Å²) < 4.78 is 40.5. The van der Waals surface area contributed by atoms with Crippen LogP contribution >= 0.6 is 0 Å². The first kappa shape index (κ1) is 21.8. The second kappa shape index (κ2) is 8.88. The number of rotatable bonds is 6. The van der Waals surface area contributed by atoms with Gasteiger partial charge in [0.05, 0.1) is 15.9 Å². The van der Waals surface area contributed by atoms with Crippen LogP contribution in [-0.2, 0) is 14.8 Å². The Bertz CT molecular complexity index is 1030. The van der Waals surface area contributed by atoms with Gasteiger partial charge in [-0.3, -0.25) is 14.9 Å². The summed E-state index contributed by atoms with van der Waals surface area (Å²) in [5, 5.41) is 13.6. The third-order valence-corrected chi connectivity index (χ3v) is 7.06. The fourth-order valence-electron chi connectivity index (χ4n) is 3.47. The highest BCUT2D eigenvalue weighted by atomic mass is 32.2. The third kappa shape index (κ3) is 4.65. The molecule has 0 aliphatic carbocycles. The van der Waals surface area contributed by atoms with Crippen molar-refractivity contribution in [3.8, 4) is 0 Å². The van der Waals surface area contributed by atoms with E-state index in [4.69, 9.17) is 0 Å². The summed E-state index contributed by atoms with van der Waals surface area (Å²) in [6.45, 7) is 1.92. The number of nitro benzene ring substituents is 1. The van der Waals surface area contributed by atoms with Gasteiger partial charge in [0.15, 0.2) is 0 Å². The molecule has 0 spiro atoms. The van der Waals surface area contributed by atoms with Crippen LogP contribution in [0.5, 0.6) is 0 Å². The molecule has 1 saturated heterocycles. The Morgan fingerprint density at radius 3 is 2.40 bits per heavy atom. The van der Waals surface area contributed by atoms with Crippen molar-refractivity contribution < 1.29 is 22.5 Å². The molecule has 1 N–H and O–H groups in total. The number of nitro groups is 1. The minimum absolute atomic E-state index is 0.0978. The van der Waals surface area contributed by atoms with Gasteiger partial charge in [-0.2, -0.15) is 4.31 Å². The van der Waals surface area contributed by atoms with E-state index in [0.29, 0.717) is 24.8 Å². The molecular weight excluding hydrogens is 413 g/mol. The van der Waals surface area contributed by atoms with Crippen LogP contribution in [0.1, 0.15) is 37.8 Å². The summed E-state index contributed by atoms with van der Waals surface area (Å²) in [7, 11) is -4.00. The fraction of sp³-hybridized carbons (Fsp3) is 0.350. The number of sulfonamides is 1. The first-order valence-electron chi connectivity index (χ1n) is 9.52. The Morgan fingerprint density at radius 2 is 1.80 bits per heavy atom. The van der Waals surface area contributed by atoms with E-state index in [1.165, 1.54) is 24.3 Å². The zero-order valence-corrected chi connectivity index (χ0v) is 17.1. The van der Waals surface area contributed by atoms with Gasteiger partial charge >= 0.3 is 0 Å². The van der Waals surface area contributed by atoms with E-state index < -0.39 is 32.9 Å². The van der Waals surface area contributed by atoms with Gasteiger partial charge in [0.1, 0.15) is 11.9 Å². The van der Waals surface area contributed by atoms with Crippen molar-refractivity contribution in [1.29, 1.82) is 0 Å². The van der Waals surface area contributed by atoms with Crippen molar-refractivity contribution in [2.24, 2.45) is 0 Å². The highest BCUT2D eigenvalue weighted by Gasteiger charge is 2.38. The van der Waals surface area contributed by atoms with Crippen LogP contribution in [0.25, 0.3) is 0 Å². The molecule has 160 valence electrons. The number of halogens is 1. The van der Waals surface area contributed by atoms with Crippen molar-refractivity contribution in [3.05, 3.63) is 70.0 Å². The Balaban J connectivity index is 1.80. The molecule has 2 aromatic rings. The second-order valence-corrected chi connectivity index (χ2v) is 9.05. The van der Waals surface area contributed by atoms with Crippen molar-refractivity contribution in [2.75, 3.05) is 6.54 Å². The Morgan fingerprint density at radius 1 is 1.17 bits per heavy atom. The van der Waals surface area contributed by atoms with Crippen molar-refractivity contribution in [2.45, 2.75) is 43.2 Å². The SMILES string of the molecule is CC(NC(=O)C1CCCCN1S(=O)(=O)c1ccc([N+](=O)[O-])cc1)c1ccc(F)cc1. The zero-order valence-electron chi connectivity index (χ0n) is 16.3. The molecular formula is C20H22FN3O5S. The number of piperidine rings is 1. The first-order chi connectivity index (χ1) is 14.2. The molecule has 1 heterocycles. The van der Waals surface area contributed by atoms with Gasteiger partial charge in [0.25, 0.3) is 5.69 Å². The van der Waals surface area contributed by atoms with E-state index in [1.807, 2.05) is 0 Å². The van der Waals surface area contributed by atoms with E-state index in [-0.39, 0.29) is 22.9 Å². The highest BCUT2D eigenvalue weighted by molar-refractivity contribution is 7.89. The molecule has 3 rings (SSSR count). The average Bonchev–Trinajstić information content (AvgIpc) is 2.74. The third-order valence-electron chi connectivity index (χ3n) is 5.14. The Labute approximate surface area is 173 Å². The molecule has 30 heavy (non-hydrogen) atoms. The lowest BCUT2D eigenvalue weighted by atomic mass is 10.0. The number of carbonyl (C=O) groups is 1. The summed E-state index contributed by atoms with van der Waals surface area (Å²) in [5.74, 6) is -0.818. The first-order valence-corrected chi connectivity index (χ1v) is 11.0. The summed E-state index contributed by atoms with van der Waals surface area (Å²) in [6.07, 6.45) is 1.69. The maximum Gasteiger partial charge on any atom is 0.269 e. The summed E-state index contributed by atoms with van der Waals surface area (Å²) in [5.41, 5.74) is 0.486. The molecule has 2 unspecified atom stereocenters. The van der Waals surface area contributed by atoms with E-state index in [1.54, 1.807) is 19.1 Å². The number of non-ortho nitro benzene ring substituents is 1. The minimum Gasteiger partial charge on any atom is -0.348 e. The van der Waals surface area contributed by atoms with Crippen LogP contribution in [-0.4, -0.2) is 36.1 Å². The van der Waals surface area contributed by atoms with E-state index in [9.17, 15) is 27.7 Å². The molecule has 1 fully saturated rings. The molecule has 2 atom stereocenters. The lowest BCUT2D eigenvalue weighted by Crippen LogP contribution is -2.52. The molecule has 1 amide bonds. The topological polar surface area (TPSA) is 110 Å². The number of amides is 1. The summed E-state index contributed by atoms with van der Waals surface area (Å²) >= 11 is 0. The van der Waals surface area contributed by atoms with Gasteiger partial charge in [0.2, 0.25) is 15.9 Å². The minimum atomic E-state index is -4.00. The second-order valence-electron chi connectivity index (χ2n) is 7.16. The standard InChI is InChI=1S/C20H22FN3O5S/c1-14(15-5-7-16(21)8-6-15)22-20(25)19-4-2-3-13-23(19)30(28,29)18-11-9-17(10-12-18)24(26)27/h5-12,14,19H,2-4,13H2,1H3,(H,22,25). The lowest BCUT2D eigenvalue weighted by Gasteiger charge is -2.34. The molecule has 0 saturated carbocycles. The van der Waals surface area contributed by atoms with E-state index >= 15 is 0 Å². The van der Waals surface area contributed by atoms with Crippen LogP contribution in [0.2, 0.25) is 0 Å². The Hall–Kier alpha value is -2.85. The van der Waals surface area contributed by atoms with Crippen LogP contribution in [0.15, 0.2) is 53.4 Å². The predicted molar refractivity (Wildman–Crippen MR) is 108 cm³/mol. The van der Waals surface area contributed by atoms with E-state index in [2.05, 4.69) is 5.32 Å². The molecule has 10 heteroatoms. The van der Waals surface area contributed by atoms with Gasteiger partial charge in [-0.25, -0.2) is 12.8 Å². The monoisotopic (exact) mass is 435 g/mol. The molecule has 0 radical (unpaired) electrons. The van der Waals surface area contributed by atoms with Crippen LogP contribution in [0, 0.1) is 15.9 Å². The van der Waals surface area contributed by atoms with Crippen LogP contribution < -0.4 is 5.32 Å². The molecule has 1 aliphatic rings. The largest absolute Gasteiger partial charge is 0.348 e.